The van der Waals surface area contributed by atoms with E-state index in [9.17, 15) is 0 Å². The Balaban J connectivity index is 1.24. The third-order valence-corrected chi connectivity index (χ3v) is 8.78. The van der Waals surface area contributed by atoms with Gasteiger partial charge in [-0.2, -0.15) is 0 Å². The molecule has 1 saturated heterocycles. The first-order chi connectivity index (χ1) is 14.3. The van der Waals surface area contributed by atoms with Gasteiger partial charge in [0.1, 0.15) is 0 Å². The molecule has 0 bridgehead atoms. The summed E-state index contributed by atoms with van der Waals surface area (Å²) >= 11 is 0. The Kier molecular flexibility index (Phi) is 6.30. The summed E-state index contributed by atoms with van der Waals surface area (Å²) in [6.45, 7) is 5.31. The molecule has 2 heteroatoms. The van der Waals surface area contributed by atoms with Gasteiger partial charge in [-0.05, 0) is 106 Å². The SMILES string of the molecule is C=C[C@H]1CCCCC1NCC1CCC2OC3CCC=C(C4=CCCCC4)C3C2C1. The minimum absolute atomic E-state index is 0.503. The van der Waals surface area contributed by atoms with Gasteiger partial charge < -0.3 is 10.1 Å². The minimum Gasteiger partial charge on any atom is -0.374 e. The summed E-state index contributed by atoms with van der Waals surface area (Å²) in [5, 5.41) is 3.98. The second-order valence-electron chi connectivity index (χ2n) is 10.5. The highest BCUT2D eigenvalue weighted by atomic mass is 16.5. The molecule has 3 fully saturated rings. The quantitative estimate of drug-likeness (QED) is 0.548. The molecule has 0 aromatic carbocycles. The van der Waals surface area contributed by atoms with Crippen LogP contribution in [0.4, 0.5) is 0 Å². The number of ether oxygens (including phenoxy) is 1. The summed E-state index contributed by atoms with van der Waals surface area (Å²) in [6, 6.07) is 0.670. The predicted octanol–water partition coefficient (Wildman–Crippen LogP) is 6.34. The summed E-state index contributed by atoms with van der Waals surface area (Å²) in [5.74, 6) is 2.97. The molecule has 4 aliphatic carbocycles. The second-order valence-corrected chi connectivity index (χ2v) is 10.5. The Morgan fingerprint density at radius 2 is 1.90 bits per heavy atom. The molecule has 1 heterocycles. The zero-order valence-electron chi connectivity index (χ0n) is 18.3. The molecule has 1 aliphatic heterocycles. The molecular formula is C27H41NO. The van der Waals surface area contributed by atoms with E-state index in [2.05, 4.69) is 30.1 Å². The highest BCUT2D eigenvalue weighted by molar-refractivity contribution is 5.38. The molecule has 2 nitrogen and oxygen atoms in total. The zero-order valence-corrected chi connectivity index (χ0v) is 18.3. The van der Waals surface area contributed by atoms with Crippen molar-refractivity contribution in [3.63, 3.8) is 0 Å². The number of allylic oxidation sites excluding steroid dienone is 3. The molecule has 0 aromatic heterocycles. The van der Waals surface area contributed by atoms with Crippen molar-refractivity contribution < 1.29 is 4.74 Å². The summed E-state index contributed by atoms with van der Waals surface area (Å²) in [5.41, 5.74) is 3.40. The van der Waals surface area contributed by atoms with E-state index in [1.54, 1.807) is 11.1 Å². The number of fused-ring (bicyclic) bond motifs is 3. The van der Waals surface area contributed by atoms with E-state index in [1.807, 2.05) is 0 Å². The number of rotatable bonds is 5. The number of hydrogen-bond acceptors (Lipinski definition) is 2. The van der Waals surface area contributed by atoms with Crippen molar-refractivity contribution in [1.82, 2.24) is 5.32 Å². The van der Waals surface area contributed by atoms with Gasteiger partial charge in [0.05, 0.1) is 12.2 Å². The Hall–Kier alpha value is -0.860. The van der Waals surface area contributed by atoms with Crippen LogP contribution >= 0.6 is 0 Å². The van der Waals surface area contributed by atoms with E-state index in [4.69, 9.17) is 4.74 Å². The zero-order chi connectivity index (χ0) is 19.6. The lowest BCUT2D eigenvalue weighted by Crippen LogP contribution is -2.42. The summed E-state index contributed by atoms with van der Waals surface area (Å²) < 4.78 is 6.67. The van der Waals surface area contributed by atoms with Crippen molar-refractivity contribution in [2.45, 2.75) is 102 Å². The van der Waals surface area contributed by atoms with Gasteiger partial charge in [0.15, 0.2) is 0 Å². The van der Waals surface area contributed by atoms with Crippen LogP contribution in [0.3, 0.4) is 0 Å². The molecule has 7 atom stereocenters. The van der Waals surface area contributed by atoms with Crippen LogP contribution in [0.5, 0.6) is 0 Å². The van der Waals surface area contributed by atoms with Gasteiger partial charge in [-0.3, -0.25) is 0 Å². The molecule has 0 radical (unpaired) electrons. The van der Waals surface area contributed by atoms with Crippen molar-refractivity contribution in [3.05, 3.63) is 36.0 Å². The molecule has 5 aliphatic rings. The Bertz CT molecular complexity index is 649. The van der Waals surface area contributed by atoms with Crippen LogP contribution in [0.25, 0.3) is 0 Å². The van der Waals surface area contributed by atoms with Gasteiger partial charge in [-0.15, -0.1) is 6.58 Å². The Labute approximate surface area is 178 Å². The van der Waals surface area contributed by atoms with Crippen LogP contribution in [0.2, 0.25) is 0 Å². The highest BCUT2D eigenvalue weighted by Gasteiger charge is 2.49. The van der Waals surface area contributed by atoms with Crippen LogP contribution in [0, 0.1) is 23.7 Å². The average molecular weight is 396 g/mol. The van der Waals surface area contributed by atoms with Gasteiger partial charge in [0.2, 0.25) is 0 Å². The summed E-state index contributed by atoms with van der Waals surface area (Å²) in [6.07, 6.45) is 25.7. The molecule has 5 rings (SSSR count). The molecule has 6 unspecified atom stereocenters. The lowest BCUT2D eigenvalue weighted by Gasteiger charge is -2.37. The van der Waals surface area contributed by atoms with Gasteiger partial charge >= 0.3 is 0 Å². The Morgan fingerprint density at radius 3 is 2.76 bits per heavy atom. The number of nitrogens with one attached hydrogen (secondary N) is 1. The first kappa shape index (κ1) is 20.1. The maximum absolute atomic E-state index is 6.67. The molecule has 0 aromatic rings. The van der Waals surface area contributed by atoms with Crippen molar-refractivity contribution >= 4 is 0 Å². The first-order valence-corrected chi connectivity index (χ1v) is 12.7. The van der Waals surface area contributed by atoms with Crippen molar-refractivity contribution in [3.8, 4) is 0 Å². The van der Waals surface area contributed by atoms with Crippen LogP contribution in [-0.2, 0) is 4.74 Å². The maximum Gasteiger partial charge on any atom is 0.0654 e. The second kappa shape index (κ2) is 9.10. The lowest BCUT2D eigenvalue weighted by atomic mass is 9.67. The molecule has 1 N–H and O–H groups in total. The van der Waals surface area contributed by atoms with Crippen molar-refractivity contribution in [1.29, 1.82) is 0 Å². The third kappa shape index (κ3) is 4.17. The Morgan fingerprint density at radius 1 is 0.966 bits per heavy atom. The van der Waals surface area contributed by atoms with Gasteiger partial charge in [-0.25, -0.2) is 0 Å². The van der Waals surface area contributed by atoms with Crippen LogP contribution < -0.4 is 5.32 Å². The van der Waals surface area contributed by atoms with Crippen molar-refractivity contribution in [2.75, 3.05) is 6.54 Å². The van der Waals surface area contributed by atoms with E-state index in [0.717, 1.165) is 11.8 Å². The van der Waals surface area contributed by atoms with E-state index in [-0.39, 0.29) is 0 Å². The molecule has 0 amide bonds. The minimum atomic E-state index is 0.503. The van der Waals surface area contributed by atoms with Crippen LogP contribution in [0.1, 0.15) is 83.5 Å². The van der Waals surface area contributed by atoms with Crippen LogP contribution in [-0.4, -0.2) is 24.8 Å². The fourth-order valence-electron chi connectivity index (χ4n) is 7.26. The topological polar surface area (TPSA) is 21.3 Å². The standard InChI is InChI=1S/C27H41NO/c1-2-20-9-6-7-13-24(20)28-18-19-15-16-25-23(17-19)27-22(12-8-14-26(27)29-25)21-10-4-3-5-11-21/h2,10,12,19-20,23-28H,1,3-9,11,13-18H2/t19?,20-,23?,24?,25?,26?,27?/m0/s1. The normalized spacial score (nSPS) is 42.4. The monoisotopic (exact) mass is 395 g/mol. The third-order valence-electron chi connectivity index (χ3n) is 8.78. The molecule has 0 spiro atoms. The van der Waals surface area contributed by atoms with E-state index in [1.165, 1.54) is 90.0 Å². The lowest BCUT2D eigenvalue weighted by molar-refractivity contribution is 0.00541. The number of hydrogen-bond donors (Lipinski definition) is 1. The van der Waals surface area contributed by atoms with E-state index >= 15 is 0 Å². The van der Waals surface area contributed by atoms with Crippen molar-refractivity contribution in [2.24, 2.45) is 23.7 Å². The van der Waals surface area contributed by atoms with E-state index < -0.39 is 0 Å². The fourth-order valence-corrected chi connectivity index (χ4v) is 7.26. The summed E-state index contributed by atoms with van der Waals surface area (Å²) in [4.78, 5) is 0. The first-order valence-electron chi connectivity index (χ1n) is 12.7. The van der Waals surface area contributed by atoms with Gasteiger partial charge in [0, 0.05) is 12.0 Å². The predicted molar refractivity (Wildman–Crippen MR) is 121 cm³/mol. The molecular weight excluding hydrogens is 354 g/mol. The largest absolute Gasteiger partial charge is 0.374 e. The van der Waals surface area contributed by atoms with E-state index in [0.29, 0.717) is 30.1 Å². The highest BCUT2D eigenvalue weighted by Crippen LogP contribution is 2.51. The smallest absolute Gasteiger partial charge is 0.0654 e. The molecule has 29 heavy (non-hydrogen) atoms. The molecule has 2 saturated carbocycles. The van der Waals surface area contributed by atoms with Gasteiger partial charge in [-0.1, -0.05) is 31.1 Å². The fraction of sp³-hybridized carbons (Fsp3) is 0.778. The maximum atomic E-state index is 6.67. The van der Waals surface area contributed by atoms with Gasteiger partial charge in [0.25, 0.3) is 0 Å². The average Bonchev–Trinajstić information content (AvgIpc) is 3.16. The van der Waals surface area contributed by atoms with Crippen LogP contribution in [0.15, 0.2) is 36.0 Å². The summed E-state index contributed by atoms with van der Waals surface area (Å²) in [7, 11) is 0. The molecule has 160 valence electrons.